The lowest BCUT2D eigenvalue weighted by atomic mass is 10.00. The standard InChI is InChI=1S/C17H12F6O3/c1-2-9(6-15(24)25)14-5-11(8-26-14)10-3-12(16(18,19)20)7-13(4-10)17(21,22)23/h3-8H,2H2,1H3,(H,24,25)/b9-6+. The van der Waals surface area contributed by atoms with E-state index in [1.807, 2.05) is 0 Å². The molecule has 3 nitrogen and oxygen atoms in total. The molecule has 0 fully saturated rings. The molecular formula is C17H12F6O3. The molecule has 1 aromatic carbocycles. The van der Waals surface area contributed by atoms with Gasteiger partial charge in [0.15, 0.2) is 0 Å². The second-order valence-electron chi connectivity index (χ2n) is 5.36. The summed E-state index contributed by atoms with van der Waals surface area (Å²) in [6, 6.07) is 2.40. The first-order valence-corrected chi connectivity index (χ1v) is 7.24. The van der Waals surface area contributed by atoms with Crippen LogP contribution in [0, 0.1) is 0 Å². The SMILES string of the molecule is CC/C(=C\C(=O)O)c1cc(-c2cc(C(F)(F)F)cc(C(F)(F)F)c2)co1. The molecule has 9 heteroatoms. The van der Waals surface area contributed by atoms with Gasteiger partial charge in [-0.25, -0.2) is 4.79 Å². The molecule has 0 spiro atoms. The van der Waals surface area contributed by atoms with Crippen LogP contribution in [0.15, 0.2) is 41.0 Å². The number of hydrogen-bond donors (Lipinski definition) is 1. The summed E-state index contributed by atoms with van der Waals surface area (Å²) in [6.45, 7) is 1.63. The van der Waals surface area contributed by atoms with Gasteiger partial charge in [-0.1, -0.05) is 6.92 Å². The van der Waals surface area contributed by atoms with Crippen LogP contribution in [0.5, 0.6) is 0 Å². The van der Waals surface area contributed by atoms with Crippen molar-refractivity contribution in [2.24, 2.45) is 0 Å². The van der Waals surface area contributed by atoms with Crippen LogP contribution in [-0.2, 0) is 17.1 Å². The van der Waals surface area contributed by atoms with Gasteiger partial charge in [0.2, 0.25) is 0 Å². The molecule has 26 heavy (non-hydrogen) atoms. The van der Waals surface area contributed by atoms with E-state index in [2.05, 4.69) is 0 Å². The summed E-state index contributed by atoms with van der Waals surface area (Å²) < 4.78 is 82.6. The van der Waals surface area contributed by atoms with Crippen molar-refractivity contribution in [3.63, 3.8) is 0 Å². The van der Waals surface area contributed by atoms with Crippen LogP contribution in [0.4, 0.5) is 26.3 Å². The van der Waals surface area contributed by atoms with Crippen molar-refractivity contribution in [1.82, 2.24) is 0 Å². The number of hydrogen-bond acceptors (Lipinski definition) is 2. The number of rotatable bonds is 4. The zero-order valence-corrected chi connectivity index (χ0v) is 13.2. The van der Waals surface area contributed by atoms with E-state index >= 15 is 0 Å². The number of carboxylic acid groups (broad SMARTS) is 1. The van der Waals surface area contributed by atoms with Crippen LogP contribution in [0.1, 0.15) is 30.2 Å². The summed E-state index contributed by atoms with van der Waals surface area (Å²) in [5, 5.41) is 8.78. The number of carboxylic acids is 1. The second kappa shape index (κ2) is 6.89. The molecule has 0 saturated carbocycles. The van der Waals surface area contributed by atoms with Gasteiger partial charge in [-0.3, -0.25) is 0 Å². The summed E-state index contributed by atoms with van der Waals surface area (Å²) in [5.41, 5.74) is -3.01. The molecule has 0 saturated heterocycles. The molecule has 140 valence electrons. The summed E-state index contributed by atoms with van der Waals surface area (Å²) in [5.74, 6) is -1.20. The minimum atomic E-state index is -4.96. The first-order valence-electron chi connectivity index (χ1n) is 7.24. The van der Waals surface area contributed by atoms with Crippen molar-refractivity contribution in [3.8, 4) is 11.1 Å². The Labute approximate surface area is 143 Å². The summed E-state index contributed by atoms with van der Waals surface area (Å²) >= 11 is 0. The number of alkyl halides is 6. The predicted molar refractivity (Wildman–Crippen MR) is 80.1 cm³/mol. The van der Waals surface area contributed by atoms with E-state index in [0.29, 0.717) is 12.1 Å². The molecule has 1 heterocycles. The van der Waals surface area contributed by atoms with Crippen LogP contribution in [0.25, 0.3) is 16.7 Å². The van der Waals surface area contributed by atoms with Crippen molar-refractivity contribution >= 4 is 11.5 Å². The lowest BCUT2D eigenvalue weighted by Gasteiger charge is -2.13. The van der Waals surface area contributed by atoms with Crippen molar-refractivity contribution in [2.75, 3.05) is 0 Å². The van der Waals surface area contributed by atoms with Gasteiger partial charge in [-0.15, -0.1) is 0 Å². The minimum Gasteiger partial charge on any atom is -0.478 e. The van der Waals surface area contributed by atoms with Crippen LogP contribution >= 0.6 is 0 Å². The normalized spacial score (nSPS) is 13.1. The van der Waals surface area contributed by atoms with Crippen LogP contribution in [0.2, 0.25) is 0 Å². The highest BCUT2D eigenvalue weighted by molar-refractivity contribution is 5.89. The molecule has 2 aromatic rings. The monoisotopic (exact) mass is 378 g/mol. The predicted octanol–water partition coefficient (Wildman–Crippen LogP) is 5.86. The quantitative estimate of drug-likeness (QED) is 0.535. The largest absolute Gasteiger partial charge is 0.478 e. The van der Waals surface area contributed by atoms with Gasteiger partial charge < -0.3 is 9.52 Å². The Hall–Kier alpha value is -2.71. The van der Waals surface area contributed by atoms with Crippen LogP contribution in [0.3, 0.4) is 0 Å². The molecule has 2 rings (SSSR count). The van der Waals surface area contributed by atoms with E-state index in [9.17, 15) is 31.1 Å². The van der Waals surface area contributed by atoms with Crippen molar-refractivity contribution in [1.29, 1.82) is 0 Å². The lowest BCUT2D eigenvalue weighted by Crippen LogP contribution is -2.11. The smallest absolute Gasteiger partial charge is 0.416 e. The second-order valence-corrected chi connectivity index (χ2v) is 5.36. The van der Waals surface area contributed by atoms with Gasteiger partial charge in [0.25, 0.3) is 0 Å². The highest BCUT2D eigenvalue weighted by Gasteiger charge is 2.37. The third kappa shape index (κ3) is 4.47. The van der Waals surface area contributed by atoms with Gasteiger partial charge in [0.05, 0.1) is 17.4 Å². The Kier molecular flexibility index (Phi) is 5.20. The van der Waals surface area contributed by atoms with Gasteiger partial charge >= 0.3 is 18.3 Å². The van der Waals surface area contributed by atoms with E-state index in [4.69, 9.17) is 9.52 Å². The fourth-order valence-electron chi connectivity index (χ4n) is 2.27. The molecule has 0 radical (unpaired) electrons. The molecule has 0 aliphatic rings. The fourth-order valence-corrected chi connectivity index (χ4v) is 2.27. The van der Waals surface area contributed by atoms with E-state index < -0.39 is 29.4 Å². The maximum absolute atomic E-state index is 12.9. The Balaban J connectivity index is 2.57. The van der Waals surface area contributed by atoms with Crippen LogP contribution < -0.4 is 0 Å². The Bertz CT molecular complexity index is 811. The van der Waals surface area contributed by atoms with Crippen molar-refractivity contribution < 1.29 is 40.7 Å². The van der Waals surface area contributed by atoms with Gasteiger partial charge in [0, 0.05) is 17.2 Å². The summed E-state index contributed by atoms with van der Waals surface area (Å²) in [4.78, 5) is 10.8. The maximum atomic E-state index is 12.9. The number of aliphatic carboxylic acids is 1. The zero-order valence-electron chi connectivity index (χ0n) is 13.2. The Morgan fingerprint density at radius 3 is 1.96 bits per heavy atom. The fraction of sp³-hybridized carbons (Fsp3) is 0.235. The highest BCUT2D eigenvalue weighted by atomic mass is 19.4. The number of allylic oxidation sites excluding steroid dienone is 1. The Morgan fingerprint density at radius 2 is 1.54 bits per heavy atom. The number of benzene rings is 1. The van der Waals surface area contributed by atoms with E-state index in [-0.39, 0.29) is 34.9 Å². The third-order valence-electron chi connectivity index (χ3n) is 3.52. The summed E-state index contributed by atoms with van der Waals surface area (Å²) in [7, 11) is 0. The van der Waals surface area contributed by atoms with Gasteiger partial charge in [-0.05, 0) is 36.2 Å². The number of carbonyl (C=O) groups is 1. The molecule has 0 aliphatic heterocycles. The van der Waals surface area contributed by atoms with Gasteiger partial charge in [-0.2, -0.15) is 26.3 Å². The Morgan fingerprint density at radius 1 is 1.00 bits per heavy atom. The third-order valence-corrected chi connectivity index (χ3v) is 3.52. The molecule has 0 bridgehead atoms. The average Bonchev–Trinajstić information content (AvgIpc) is 3.00. The first-order chi connectivity index (χ1) is 11.9. The van der Waals surface area contributed by atoms with E-state index in [1.165, 1.54) is 6.07 Å². The van der Waals surface area contributed by atoms with E-state index in [1.54, 1.807) is 6.92 Å². The average molecular weight is 378 g/mol. The zero-order chi connectivity index (χ0) is 19.7. The van der Waals surface area contributed by atoms with Crippen LogP contribution in [-0.4, -0.2) is 11.1 Å². The molecule has 1 aromatic heterocycles. The molecular weight excluding hydrogens is 366 g/mol. The number of furan rings is 1. The van der Waals surface area contributed by atoms with E-state index in [0.717, 1.165) is 12.3 Å². The lowest BCUT2D eigenvalue weighted by molar-refractivity contribution is -0.143. The maximum Gasteiger partial charge on any atom is 0.416 e. The first kappa shape index (κ1) is 19.6. The topological polar surface area (TPSA) is 50.4 Å². The highest BCUT2D eigenvalue weighted by Crippen LogP contribution is 2.39. The summed E-state index contributed by atoms with van der Waals surface area (Å²) in [6.07, 6.45) is -7.83. The minimum absolute atomic E-state index is 0.0265. The molecule has 0 unspecified atom stereocenters. The van der Waals surface area contributed by atoms with Gasteiger partial charge in [0.1, 0.15) is 5.76 Å². The molecule has 0 amide bonds. The molecule has 0 aliphatic carbocycles. The molecule has 0 atom stereocenters. The molecule has 1 N–H and O–H groups in total. The van der Waals surface area contributed by atoms with Crippen molar-refractivity contribution in [3.05, 3.63) is 53.5 Å². The van der Waals surface area contributed by atoms with Crippen molar-refractivity contribution in [2.45, 2.75) is 25.7 Å². The number of halogens is 6.